The van der Waals surface area contributed by atoms with E-state index in [1.165, 1.54) is 42.6 Å². The second-order valence-electron chi connectivity index (χ2n) is 10.0. The molecule has 5 rings (SSSR count). The first-order valence-corrected chi connectivity index (χ1v) is 16.7. The highest BCUT2D eigenvalue weighted by atomic mass is 31.3. The third kappa shape index (κ3) is 7.89. The first kappa shape index (κ1) is 33.4. The Balaban J connectivity index is 1.35. The molecule has 246 valence electrons. The molecule has 3 aliphatic rings. The van der Waals surface area contributed by atoms with Gasteiger partial charge in [-0.05, 0) is 30.7 Å². The van der Waals surface area contributed by atoms with Crippen LogP contribution in [0.15, 0.2) is 72.4 Å². The van der Waals surface area contributed by atoms with E-state index in [1.54, 1.807) is 31.2 Å². The van der Waals surface area contributed by atoms with Crippen molar-refractivity contribution in [2.45, 2.75) is 44.4 Å². The number of carbonyl (C=O) groups excluding carboxylic acids is 2. The molecule has 2 aromatic carbocycles. The van der Waals surface area contributed by atoms with E-state index >= 15 is 0 Å². The van der Waals surface area contributed by atoms with Crippen LogP contribution in [0.4, 0.5) is 10.5 Å². The van der Waals surface area contributed by atoms with Crippen molar-refractivity contribution in [3.63, 3.8) is 0 Å². The first-order chi connectivity index (χ1) is 21.9. The van der Waals surface area contributed by atoms with E-state index < -0.39 is 63.8 Å². The normalized spacial score (nSPS) is 24.8. The van der Waals surface area contributed by atoms with Crippen LogP contribution in [-0.2, 0) is 36.7 Å². The van der Waals surface area contributed by atoms with Gasteiger partial charge in [-0.15, -0.1) is 0 Å². The van der Waals surface area contributed by atoms with Crippen LogP contribution in [0.25, 0.3) is 5.76 Å². The summed E-state index contributed by atoms with van der Waals surface area (Å²) in [5.41, 5.74) is 0.578. The molecule has 2 aromatic rings. The molecular weight excluding hydrogens is 652 g/mol. The third-order valence-corrected chi connectivity index (χ3v) is 9.36. The van der Waals surface area contributed by atoms with E-state index in [0.29, 0.717) is 5.57 Å². The van der Waals surface area contributed by atoms with Crippen LogP contribution in [0.5, 0.6) is 0 Å². The Hall–Kier alpha value is -3.92. The maximum absolute atomic E-state index is 13.1. The SMILES string of the molecule is CCCOP(=O)([O-])OP(=O)([O-])OC[C@H]1O[C@@H](N2C=C3C=C(c4ccccc4[N+](=O)[O-])OC3NC2=O)CC1OC(=O)c1ccccc1. The first-order valence-electron chi connectivity index (χ1n) is 13.8. The Morgan fingerprint density at radius 1 is 1.09 bits per heavy atom. The number of nitro benzene ring substituents is 1. The molecule has 0 bridgehead atoms. The molecule has 0 saturated carbocycles. The van der Waals surface area contributed by atoms with Crippen LogP contribution >= 0.6 is 15.6 Å². The molecule has 1 fully saturated rings. The number of rotatable bonds is 13. The van der Waals surface area contributed by atoms with E-state index in [0.717, 1.165) is 4.90 Å². The number of ether oxygens (including phenoxy) is 3. The highest BCUT2D eigenvalue weighted by Gasteiger charge is 2.45. The summed E-state index contributed by atoms with van der Waals surface area (Å²) in [6.07, 6.45) is -1.58. The summed E-state index contributed by atoms with van der Waals surface area (Å²) in [4.78, 5) is 62.2. The molecule has 1 saturated heterocycles. The van der Waals surface area contributed by atoms with Crippen LogP contribution in [0.2, 0.25) is 0 Å². The van der Waals surface area contributed by atoms with E-state index in [2.05, 4.69) is 14.2 Å². The predicted octanol–water partition coefficient (Wildman–Crippen LogP) is 2.94. The molecule has 17 nitrogen and oxygen atoms in total. The number of phosphoric acid groups is 2. The summed E-state index contributed by atoms with van der Waals surface area (Å²) in [5.74, 6) is -0.634. The molecule has 0 radical (unpaired) electrons. The number of nitrogens with zero attached hydrogens (tertiary/aromatic N) is 2. The number of phosphoric ester groups is 2. The molecule has 2 amide bonds. The van der Waals surface area contributed by atoms with Gasteiger partial charge in [0.2, 0.25) is 6.23 Å². The van der Waals surface area contributed by atoms with Gasteiger partial charge in [-0.1, -0.05) is 37.3 Å². The molecule has 4 unspecified atom stereocenters. The van der Waals surface area contributed by atoms with Gasteiger partial charge in [-0.2, -0.15) is 0 Å². The fourth-order valence-corrected chi connectivity index (χ4v) is 6.83. The largest absolute Gasteiger partial charge is 0.756 e. The molecule has 0 aromatic heterocycles. The fraction of sp³-hybridized carbons (Fsp3) is 0.333. The molecule has 19 heteroatoms. The predicted molar refractivity (Wildman–Crippen MR) is 152 cm³/mol. The van der Waals surface area contributed by atoms with Crippen molar-refractivity contribution in [2.75, 3.05) is 13.2 Å². The summed E-state index contributed by atoms with van der Waals surface area (Å²) in [6, 6.07) is 13.1. The van der Waals surface area contributed by atoms with Crippen LogP contribution in [0.3, 0.4) is 0 Å². The fourth-order valence-electron chi connectivity index (χ4n) is 4.74. The van der Waals surface area contributed by atoms with E-state index in [-0.39, 0.29) is 42.0 Å². The molecule has 46 heavy (non-hydrogen) atoms. The average molecular weight is 679 g/mol. The summed E-state index contributed by atoms with van der Waals surface area (Å²) in [5, 5.41) is 14.1. The Bertz CT molecular complexity index is 1650. The lowest BCUT2D eigenvalue weighted by Crippen LogP contribution is -2.51. The number of nitrogens with one attached hydrogen (secondary N) is 1. The number of urea groups is 1. The van der Waals surface area contributed by atoms with Gasteiger partial charge in [0.05, 0.1) is 29.3 Å². The lowest BCUT2D eigenvalue weighted by atomic mass is 10.1. The lowest BCUT2D eigenvalue weighted by molar-refractivity contribution is -0.385. The van der Waals surface area contributed by atoms with Crippen LogP contribution in [0, 0.1) is 10.1 Å². The van der Waals surface area contributed by atoms with Gasteiger partial charge in [0.1, 0.15) is 24.2 Å². The van der Waals surface area contributed by atoms with E-state index in [9.17, 15) is 38.6 Å². The summed E-state index contributed by atoms with van der Waals surface area (Å²) in [7, 11) is -10.8. The maximum Gasteiger partial charge on any atom is 0.338 e. The number of hydrogen-bond donors (Lipinski definition) is 1. The average Bonchev–Trinajstić information content (AvgIpc) is 3.62. The molecular formula is C27H27N3O14P2-2. The van der Waals surface area contributed by atoms with Gasteiger partial charge in [-0.25, -0.2) is 13.9 Å². The smallest absolute Gasteiger partial charge is 0.338 e. The second kappa shape index (κ2) is 13.8. The second-order valence-corrected chi connectivity index (χ2v) is 13.0. The van der Waals surface area contributed by atoms with Crippen LogP contribution in [-0.4, -0.2) is 59.7 Å². The summed E-state index contributed by atoms with van der Waals surface area (Å²) >= 11 is 0. The highest BCUT2D eigenvalue weighted by molar-refractivity contribution is 7.59. The quantitative estimate of drug-likeness (QED) is 0.139. The van der Waals surface area contributed by atoms with Crippen molar-refractivity contribution < 1.29 is 61.0 Å². The Morgan fingerprint density at radius 3 is 2.50 bits per heavy atom. The minimum atomic E-state index is -5.50. The van der Waals surface area contributed by atoms with Crippen molar-refractivity contribution in [3.8, 4) is 0 Å². The zero-order valence-corrected chi connectivity index (χ0v) is 25.8. The summed E-state index contributed by atoms with van der Waals surface area (Å²) in [6.45, 7) is 0.433. The van der Waals surface area contributed by atoms with Crippen molar-refractivity contribution in [1.82, 2.24) is 10.2 Å². The number of nitro groups is 1. The van der Waals surface area contributed by atoms with E-state index in [1.807, 2.05) is 0 Å². The molecule has 6 atom stereocenters. The maximum atomic E-state index is 13.1. The van der Waals surface area contributed by atoms with Crippen molar-refractivity contribution in [2.24, 2.45) is 0 Å². The van der Waals surface area contributed by atoms with Gasteiger partial charge in [-0.3, -0.25) is 29.5 Å². The lowest BCUT2D eigenvalue weighted by Gasteiger charge is -2.32. The molecule has 3 aliphatic heterocycles. The number of amides is 2. The molecule has 3 heterocycles. The number of carbonyl (C=O) groups is 2. The number of esters is 1. The minimum Gasteiger partial charge on any atom is -0.756 e. The Kier molecular flexibility index (Phi) is 10.1. The monoisotopic (exact) mass is 679 g/mol. The number of para-hydroxylation sites is 1. The van der Waals surface area contributed by atoms with Gasteiger partial charge in [0.25, 0.3) is 21.3 Å². The number of fused-ring (bicyclic) bond motifs is 1. The Morgan fingerprint density at radius 2 is 1.78 bits per heavy atom. The molecule has 0 aliphatic carbocycles. The topological polar surface area (TPSA) is 228 Å². The van der Waals surface area contributed by atoms with Gasteiger partial charge < -0.3 is 33.0 Å². The number of benzene rings is 2. The molecule has 0 spiro atoms. The third-order valence-electron chi connectivity index (χ3n) is 6.80. The van der Waals surface area contributed by atoms with Crippen molar-refractivity contribution in [1.29, 1.82) is 0 Å². The summed E-state index contributed by atoms with van der Waals surface area (Å²) < 4.78 is 54.7. The highest BCUT2D eigenvalue weighted by Crippen LogP contribution is 2.55. The Labute approximate surface area is 261 Å². The van der Waals surface area contributed by atoms with Gasteiger partial charge in [0, 0.05) is 24.3 Å². The minimum absolute atomic E-state index is 0.142. The standard InChI is InChI=1S/C27H29N3O14P2/c1-2-12-39-45(35,36)44-46(37,38)40-16-23-22(43-26(31)17-8-4-3-5-9-17)14-24(41-23)29-15-18-13-21(42-25(18)28-27(29)32)19-10-6-7-11-20(19)30(33)34/h3-11,13,15,22-25H,2,12,14,16H2,1H3,(H,28,32)(H,35,36)(H,37,38)/p-2/t22?,23-,24-,25?/m1/s1. The van der Waals surface area contributed by atoms with Crippen LogP contribution < -0.4 is 15.1 Å². The number of hydrogen-bond acceptors (Lipinski definition) is 14. The van der Waals surface area contributed by atoms with Crippen molar-refractivity contribution in [3.05, 3.63) is 93.7 Å². The zero-order chi connectivity index (χ0) is 33.1. The van der Waals surface area contributed by atoms with E-state index in [4.69, 9.17) is 18.7 Å². The van der Waals surface area contributed by atoms with Crippen LogP contribution in [0.1, 0.15) is 35.7 Å². The van der Waals surface area contributed by atoms with Crippen molar-refractivity contribution >= 4 is 39.1 Å². The molecule has 1 N–H and O–H groups in total. The van der Waals surface area contributed by atoms with Gasteiger partial charge >= 0.3 is 12.0 Å². The zero-order valence-electron chi connectivity index (χ0n) is 24.0. The van der Waals surface area contributed by atoms with Gasteiger partial charge in [0.15, 0.2) is 0 Å².